The van der Waals surface area contributed by atoms with Gasteiger partial charge in [0.2, 0.25) is 0 Å². The van der Waals surface area contributed by atoms with E-state index in [0.717, 1.165) is 0 Å². The predicted octanol–water partition coefficient (Wildman–Crippen LogP) is 1.55. The first-order chi connectivity index (χ1) is 7.42. The van der Waals surface area contributed by atoms with Crippen molar-refractivity contribution in [3.8, 4) is 0 Å². The Morgan fingerprint density at radius 2 is 2.19 bits per heavy atom. The van der Waals surface area contributed by atoms with Crippen LogP contribution in [0, 0.1) is 0 Å². The highest BCUT2D eigenvalue weighted by Gasteiger charge is 2.24. The molecule has 1 amide bonds. The molecule has 0 radical (unpaired) electrons. The number of alkyl halides is 1. The van der Waals surface area contributed by atoms with Gasteiger partial charge in [-0.3, -0.25) is 0 Å². The third-order valence-electron chi connectivity index (χ3n) is 2.40. The van der Waals surface area contributed by atoms with Gasteiger partial charge in [-0.2, -0.15) is 0 Å². The molecule has 1 unspecified atom stereocenters. The van der Waals surface area contributed by atoms with E-state index in [2.05, 4.69) is 5.32 Å². The Morgan fingerprint density at radius 3 is 2.75 bits per heavy atom. The van der Waals surface area contributed by atoms with Crippen molar-refractivity contribution in [2.75, 3.05) is 26.3 Å². The van der Waals surface area contributed by atoms with Crippen molar-refractivity contribution in [2.24, 2.45) is 0 Å². The van der Waals surface area contributed by atoms with Crippen molar-refractivity contribution in [3.05, 3.63) is 0 Å². The number of rotatable bonds is 1. The van der Waals surface area contributed by atoms with Crippen molar-refractivity contribution >= 4 is 6.09 Å². The van der Waals surface area contributed by atoms with E-state index in [-0.39, 0.29) is 18.8 Å². The molecule has 1 rings (SSSR count). The first kappa shape index (κ1) is 13.2. The number of nitrogens with zero attached hydrogens (tertiary/aromatic N) is 1. The van der Waals surface area contributed by atoms with Gasteiger partial charge in [0, 0.05) is 25.7 Å². The molecule has 1 aliphatic rings. The van der Waals surface area contributed by atoms with Crippen LogP contribution in [0.3, 0.4) is 0 Å². The molecule has 5 heteroatoms. The van der Waals surface area contributed by atoms with Crippen molar-refractivity contribution in [2.45, 2.75) is 38.8 Å². The van der Waals surface area contributed by atoms with Gasteiger partial charge in [-0.25, -0.2) is 9.18 Å². The molecule has 94 valence electrons. The van der Waals surface area contributed by atoms with Gasteiger partial charge in [-0.1, -0.05) is 0 Å². The van der Waals surface area contributed by atoms with Gasteiger partial charge in [0.25, 0.3) is 0 Å². The lowest BCUT2D eigenvalue weighted by Crippen LogP contribution is -2.38. The van der Waals surface area contributed by atoms with Crippen LogP contribution in [0.5, 0.6) is 0 Å². The molecule has 0 aromatic heterocycles. The Labute approximate surface area is 96.1 Å². The number of hydrogen-bond acceptors (Lipinski definition) is 3. The zero-order valence-electron chi connectivity index (χ0n) is 10.3. The fourth-order valence-electron chi connectivity index (χ4n) is 1.57. The molecule has 0 aliphatic carbocycles. The Balaban J connectivity index is 2.45. The minimum Gasteiger partial charge on any atom is -0.444 e. The first-order valence-electron chi connectivity index (χ1n) is 5.69. The molecule has 0 saturated carbocycles. The van der Waals surface area contributed by atoms with E-state index in [0.29, 0.717) is 26.1 Å². The fraction of sp³-hybridized carbons (Fsp3) is 0.909. The molecule has 1 aliphatic heterocycles. The highest BCUT2D eigenvalue weighted by molar-refractivity contribution is 5.68. The average molecular weight is 232 g/mol. The van der Waals surface area contributed by atoms with Crippen LogP contribution in [-0.2, 0) is 4.74 Å². The molecule has 0 spiro atoms. The van der Waals surface area contributed by atoms with Gasteiger partial charge in [-0.05, 0) is 27.2 Å². The molecular formula is C11H21FN2O2. The first-order valence-corrected chi connectivity index (χ1v) is 5.69. The second kappa shape index (κ2) is 5.48. The number of nitrogens with one attached hydrogen (secondary N) is 1. The number of ether oxygens (including phenoxy) is 1. The minimum atomic E-state index is -0.476. The van der Waals surface area contributed by atoms with Crippen LogP contribution in [0.2, 0.25) is 0 Å². The maximum absolute atomic E-state index is 12.5. The smallest absolute Gasteiger partial charge is 0.410 e. The Hall–Kier alpha value is -0.840. The maximum atomic E-state index is 12.5. The van der Waals surface area contributed by atoms with Gasteiger partial charge >= 0.3 is 6.09 Å². The van der Waals surface area contributed by atoms with Crippen molar-refractivity contribution in [1.29, 1.82) is 0 Å². The van der Waals surface area contributed by atoms with E-state index >= 15 is 0 Å². The van der Waals surface area contributed by atoms with Crippen LogP contribution in [0.25, 0.3) is 0 Å². The molecule has 16 heavy (non-hydrogen) atoms. The van der Waals surface area contributed by atoms with Crippen LogP contribution < -0.4 is 5.32 Å². The van der Waals surface area contributed by atoms with E-state index in [4.69, 9.17) is 4.74 Å². The Morgan fingerprint density at radius 1 is 1.50 bits per heavy atom. The summed E-state index contributed by atoms with van der Waals surface area (Å²) in [6.07, 6.45) is 0.323. The lowest BCUT2D eigenvalue weighted by molar-refractivity contribution is 0.0261. The van der Waals surface area contributed by atoms with E-state index in [1.807, 2.05) is 20.8 Å². The monoisotopic (exact) mass is 232 g/mol. The number of hydrogen-bond donors (Lipinski definition) is 1. The van der Waals surface area contributed by atoms with E-state index in [1.54, 1.807) is 4.90 Å². The zero-order chi connectivity index (χ0) is 12.2. The van der Waals surface area contributed by atoms with Gasteiger partial charge < -0.3 is 15.0 Å². The summed E-state index contributed by atoms with van der Waals surface area (Å²) in [6, 6.07) is -0.132. The third-order valence-corrected chi connectivity index (χ3v) is 2.40. The Kier molecular flexibility index (Phi) is 4.53. The standard InChI is InChI=1S/C11H21FN2O2/c1-11(2,3)16-10(15)14-6-4-9(8-12)13-5-7-14/h9,13H,4-8H2,1-3H3. The molecule has 1 heterocycles. The van der Waals surface area contributed by atoms with Crippen LogP contribution in [0.15, 0.2) is 0 Å². The number of amides is 1. The summed E-state index contributed by atoms with van der Waals surface area (Å²) in [5.74, 6) is 0. The molecular weight excluding hydrogens is 211 g/mol. The minimum absolute atomic E-state index is 0.132. The predicted molar refractivity (Wildman–Crippen MR) is 60.2 cm³/mol. The Bertz CT molecular complexity index is 241. The number of carbonyl (C=O) groups is 1. The fourth-order valence-corrected chi connectivity index (χ4v) is 1.57. The largest absolute Gasteiger partial charge is 0.444 e. The van der Waals surface area contributed by atoms with Crippen molar-refractivity contribution in [1.82, 2.24) is 10.2 Å². The van der Waals surface area contributed by atoms with Crippen molar-refractivity contribution < 1.29 is 13.9 Å². The molecule has 4 nitrogen and oxygen atoms in total. The highest BCUT2D eigenvalue weighted by Crippen LogP contribution is 2.11. The summed E-state index contributed by atoms with van der Waals surface area (Å²) >= 11 is 0. The highest BCUT2D eigenvalue weighted by atomic mass is 19.1. The molecule has 1 N–H and O–H groups in total. The SMILES string of the molecule is CC(C)(C)OC(=O)N1CCNC(CF)CC1. The summed E-state index contributed by atoms with van der Waals surface area (Å²) in [5.41, 5.74) is -0.476. The van der Waals surface area contributed by atoms with Gasteiger partial charge in [0.05, 0.1) is 0 Å². The van der Waals surface area contributed by atoms with Crippen molar-refractivity contribution in [3.63, 3.8) is 0 Å². The van der Waals surface area contributed by atoms with Crippen LogP contribution >= 0.6 is 0 Å². The summed E-state index contributed by atoms with van der Waals surface area (Å²) in [7, 11) is 0. The van der Waals surface area contributed by atoms with Gasteiger partial charge in [0.15, 0.2) is 0 Å². The molecule has 1 atom stereocenters. The van der Waals surface area contributed by atoms with E-state index in [9.17, 15) is 9.18 Å². The van der Waals surface area contributed by atoms with E-state index < -0.39 is 5.60 Å². The van der Waals surface area contributed by atoms with Crippen LogP contribution in [0.4, 0.5) is 9.18 Å². The molecule has 0 aromatic rings. The third kappa shape index (κ3) is 4.35. The van der Waals surface area contributed by atoms with Crippen LogP contribution in [-0.4, -0.2) is 48.9 Å². The summed E-state index contributed by atoms with van der Waals surface area (Å²) < 4.78 is 17.7. The molecule has 1 saturated heterocycles. The molecule has 0 aromatic carbocycles. The summed E-state index contributed by atoms with van der Waals surface area (Å²) in [4.78, 5) is 13.4. The lowest BCUT2D eigenvalue weighted by Gasteiger charge is -2.26. The number of carbonyl (C=O) groups excluding carboxylic acids is 1. The summed E-state index contributed by atoms with van der Waals surface area (Å²) in [5, 5.41) is 3.05. The average Bonchev–Trinajstić information content (AvgIpc) is 2.39. The summed E-state index contributed by atoms with van der Waals surface area (Å²) in [6.45, 7) is 6.87. The number of halogens is 1. The molecule has 0 bridgehead atoms. The molecule has 1 fully saturated rings. The van der Waals surface area contributed by atoms with Crippen LogP contribution in [0.1, 0.15) is 27.2 Å². The van der Waals surface area contributed by atoms with Gasteiger partial charge in [0.1, 0.15) is 12.3 Å². The quantitative estimate of drug-likeness (QED) is 0.746. The second-order valence-corrected chi connectivity index (χ2v) is 5.06. The maximum Gasteiger partial charge on any atom is 0.410 e. The lowest BCUT2D eigenvalue weighted by atomic mass is 10.2. The van der Waals surface area contributed by atoms with Gasteiger partial charge in [-0.15, -0.1) is 0 Å². The normalized spacial score (nSPS) is 22.8. The van der Waals surface area contributed by atoms with E-state index in [1.165, 1.54) is 0 Å². The second-order valence-electron chi connectivity index (χ2n) is 5.06. The topological polar surface area (TPSA) is 41.6 Å². The zero-order valence-corrected chi connectivity index (χ0v) is 10.3.